The maximum absolute atomic E-state index is 13.0. The Bertz CT molecular complexity index is 908. The van der Waals surface area contributed by atoms with E-state index in [9.17, 15) is 26.4 Å². The van der Waals surface area contributed by atoms with Crippen LogP contribution in [0.5, 0.6) is 0 Å². The van der Waals surface area contributed by atoms with Crippen molar-refractivity contribution >= 4 is 28.1 Å². The topological polar surface area (TPSA) is 77.2 Å². The summed E-state index contributed by atoms with van der Waals surface area (Å²) in [7, 11) is -3.09. The Morgan fingerprint density at radius 2 is 1.96 bits per heavy atom. The fourth-order valence-corrected chi connectivity index (χ4v) is 3.56. The minimum absolute atomic E-state index is 0.0472. The van der Waals surface area contributed by atoms with Crippen LogP contribution in [0.25, 0.3) is 0 Å². The number of alkyl halides is 3. The van der Waals surface area contributed by atoms with E-state index in [1.807, 2.05) is 0 Å². The van der Waals surface area contributed by atoms with Crippen molar-refractivity contribution in [2.75, 3.05) is 0 Å². The number of halogens is 4. The third-order valence-corrected chi connectivity index (χ3v) is 4.88. The van der Waals surface area contributed by atoms with Crippen LogP contribution in [0.3, 0.4) is 0 Å². The zero-order chi connectivity index (χ0) is 18.4. The molecule has 0 unspecified atom stereocenters. The van der Waals surface area contributed by atoms with Gasteiger partial charge < -0.3 is 4.52 Å². The molecule has 0 spiro atoms. The summed E-state index contributed by atoms with van der Waals surface area (Å²) < 4.78 is 66.2. The summed E-state index contributed by atoms with van der Waals surface area (Å²) in [6.07, 6.45) is -1.94. The zero-order valence-corrected chi connectivity index (χ0v) is 14.1. The highest BCUT2D eigenvalue weighted by Crippen LogP contribution is 2.43. The number of hydrogen-bond acceptors (Lipinski definition) is 5. The molecule has 1 aromatic heterocycles. The van der Waals surface area contributed by atoms with E-state index >= 15 is 0 Å². The fourth-order valence-electron chi connectivity index (χ4n) is 2.54. The van der Waals surface area contributed by atoms with Gasteiger partial charge in [-0.15, -0.1) is 0 Å². The minimum atomic E-state index is -4.77. The van der Waals surface area contributed by atoms with Crippen molar-refractivity contribution in [1.29, 1.82) is 0 Å². The van der Waals surface area contributed by atoms with Crippen molar-refractivity contribution < 1.29 is 30.9 Å². The van der Waals surface area contributed by atoms with Crippen LogP contribution >= 0.6 is 11.6 Å². The lowest BCUT2D eigenvalue weighted by molar-refractivity contribution is -0.137. The van der Waals surface area contributed by atoms with Gasteiger partial charge in [0.05, 0.1) is 28.1 Å². The quantitative estimate of drug-likeness (QED) is 0.620. The second kappa shape index (κ2) is 6.45. The summed E-state index contributed by atoms with van der Waals surface area (Å²) in [6, 6.07) is 1.61. The lowest BCUT2D eigenvalue weighted by Crippen LogP contribution is -2.13. The molecule has 2 aromatic rings. The number of aromatic nitrogens is 1. The first kappa shape index (κ1) is 17.9. The van der Waals surface area contributed by atoms with Crippen molar-refractivity contribution in [2.24, 2.45) is 0 Å². The molecule has 1 fully saturated rings. The molecule has 25 heavy (non-hydrogen) atoms. The van der Waals surface area contributed by atoms with E-state index in [0.717, 1.165) is 18.9 Å². The molecule has 134 valence electrons. The van der Waals surface area contributed by atoms with Gasteiger partial charge in [0.2, 0.25) is 0 Å². The fraction of sp³-hybridized carbons (Fsp3) is 0.333. The molecule has 0 atom stereocenters. The molecule has 0 saturated heterocycles. The third kappa shape index (κ3) is 3.57. The molecular formula is C15H11ClF3NO4S. The molecule has 0 radical (unpaired) electrons. The van der Waals surface area contributed by atoms with Crippen LogP contribution in [0.4, 0.5) is 13.2 Å². The molecule has 0 aliphatic heterocycles. The average Bonchev–Trinajstić information content (AvgIpc) is 3.24. The van der Waals surface area contributed by atoms with Crippen molar-refractivity contribution in [3.8, 4) is 0 Å². The minimum Gasteiger partial charge on any atom is -0.360 e. The Labute approximate surface area is 146 Å². The first-order chi connectivity index (χ1) is 11.7. The number of hydrogen-bond donors (Lipinski definition) is 1. The highest BCUT2D eigenvalue weighted by atomic mass is 35.5. The van der Waals surface area contributed by atoms with Crippen molar-refractivity contribution in [3.63, 3.8) is 0 Å². The summed E-state index contributed by atoms with van der Waals surface area (Å²) >= 11 is 5.78. The molecule has 0 N–H and O–H groups in total. The van der Waals surface area contributed by atoms with Gasteiger partial charge >= 0.3 is 6.18 Å². The maximum atomic E-state index is 13.0. The van der Waals surface area contributed by atoms with Gasteiger partial charge in [0.1, 0.15) is 10.7 Å². The van der Waals surface area contributed by atoms with Gasteiger partial charge in [-0.05, 0) is 24.5 Å². The molecule has 5 nitrogen and oxygen atoms in total. The van der Waals surface area contributed by atoms with E-state index in [1.165, 1.54) is 6.20 Å². The van der Waals surface area contributed by atoms with E-state index in [0.29, 0.717) is 11.8 Å². The van der Waals surface area contributed by atoms with Crippen molar-refractivity contribution in [1.82, 2.24) is 5.16 Å². The standard InChI is InChI=1S/C15H11ClF3NO4S/c16-12-10(6-25(22)23)8(3-4-11(12)15(17,18)19)13(21)9-5-20-24-14(9)7-1-2-7/h3-5,7,25H,1-2,6H2. The normalized spacial score (nSPS) is 14.9. The van der Waals surface area contributed by atoms with Crippen molar-refractivity contribution in [3.05, 3.63) is 51.4 Å². The van der Waals surface area contributed by atoms with Gasteiger partial charge in [0, 0.05) is 11.5 Å². The third-order valence-electron chi connectivity index (χ3n) is 3.87. The number of carbonyl (C=O) groups is 1. The van der Waals surface area contributed by atoms with E-state index in [-0.39, 0.29) is 22.6 Å². The van der Waals surface area contributed by atoms with Crippen LogP contribution in [0.2, 0.25) is 5.02 Å². The van der Waals surface area contributed by atoms with E-state index in [1.54, 1.807) is 0 Å². The summed E-state index contributed by atoms with van der Waals surface area (Å²) in [6.45, 7) is 0. The number of nitrogens with zero attached hydrogens (tertiary/aromatic N) is 1. The highest BCUT2D eigenvalue weighted by Gasteiger charge is 2.37. The van der Waals surface area contributed by atoms with Crippen molar-refractivity contribution in [2.45, 2.75) is 30.7 Å². The molecule has 1 aliphatic carbocycles. The van der Waals surface area contributed by atoms with Crippen LogP contribution in [-0.2, 0) is 22.6 Å². The molecule has 1 saturated carbocycles. The predicted molar refractivity (Wildman–Crippen MR) is 82.4 cm³/mol. The first-order valence-electron chi connectivity index (χ1n) is 7.19. The summed E-state index contributed by atoms with van der Waals surface area (Å²) in [5.74, 6) is -1.03. The van der Waals surface area contributed by atoms with Crippen LogP contribution < -0.4 is 0 Å². The Morgan fingerprint density at radius 3 is 2.52 bits per heavy atom. The van der Waals surface area contributed by atoms with Gasteiger partial charge in [0.25, 0.3) is 0 Å². The Morgan fingerprint density at radius 1 is 1.28 bits per heavy atom. The lowest BCUT2D eigenvalue weighted by atomic mass is 9.96. The van der Waals surface area contributed by atoms with Gasteiger partial charge in [-0.3, -0.25) is 4.79 Å². The average molecular weight is 394 g/mol. The number of benzene rings is 1. The van der Waals surface area contributed by atoms with Crippen LogP contribution in [0.15, 0.2) is 22.9 Å². The molecule has 3 rings (SSSR count). The van der Waals surface area contributed by atoms with Crippen LogP contribution in [-0.4, -0.2) is 19.4 Å². The summed E-state index contributed by atoms with van der Waals surface area (Å²) in [5.41, 5.74) is -1.66. The highest BCUT2D eigenvalue weighted by molar-refractivity contribution is 7.71. The second-order valence-corrected chi connectivity index (χ2v) is 7.01. The number of rotatable bonds is 5. The van der Waals surface area contributed by atoms with Crippen LogP contribution in [0, 0.1) is 0 Å². The summed E-state index contributed by atoms with van der Waals surface area (Å²) in [5, 5.41) is 2.78. The number of ketones is 1. The Hall–Kier alpha value is -1.87. The summed E-state index contributed by atoms with van der Waals surface area (Å²) in [4.78, 5) is 12.7. The van der Waals surface area contributed by atoms with Gasteiger partial charge in [-0.25, -0.2) is 8.42 Å². The number of carbonyl (C=O) groups excluding carboxylic acids is 1. The molecule has 0 bridgehead atoms. The molecule has 1 aromatic carbocycles. The smallest absolute Gasteiger partial charge is 0.360 e. The van der Waals surface area contributed by atoms with Gasteiger partial charge in [-0.2, -0.15) is 13.2 Å². The maximum Gasteiger partial charge on any atom is 0.417 e. The Balaban J connectivity index is 2.13. The SMILES string of the molecule is O=C(c1cnoc1C1CC1)c1ccc(C(F)(F)F)c(Cl)c1C[SH](=O)=O. The molecule has 10 heteroatoms. The van der Waals surface area contributed by atoms with E-state index < -0.39 is 39.0 Å². The molecule has 1 aliphatic rings. The predicted octanol–water partition coefficient (Wildman–Crippen LogP) is 3.57. The first-order valence-corrected chi connectivity index (χ1v) is 8.94. The van der Waals surface area contributed by atoms with Gasteiger partial charge in [0.15, 0.2) is 11.5 Å². The van der Waals surface area contributed by atoms with Crippen LogP contribution in [0.1, 0.15) is 51.6 Å². The largest absolute Gasteiger partial charge is 0.417 e. The van der Waals surface area contributed by atoms with E-state index in [4.69, 9.17) is 16.1 Å². The molecule has 1 heterocycles. The Kier molecular flexibility index (Phi) is 4.63. The molecule has 0 amide bonds. The molecular weight excluding hydrogens is 383 g/mol. The monoisotopic (exact) mass is 393 g/mol. The second-order valence-electron chi connectivity index (χ2n) is 5.65. The number of thiol groups is 1. The zero-order valence-electron chi connectivity index (χ0n) is 12.5. The van der Waals surface area contributed by atoms with E-state index in [2.05, 4.69) is 5.16 Å². The van der Waals surface area contributed by atoms with Gasteiger partial charge in [-0.1, -0.05) is 22.8 Å². The lowest BCUT2D eigenvalue weighted by Gasteiger charge is -2.14.